The van der Waals surface area contributed by atoms with Gasteiger partial charge in [0.2, 0.25) is 0 Å². The van der Waals surface area contributed by atoms with Crippen molar-refractivity contribution >= 4 is 12.2 Å². The van der Waals surface area contributed by atoms with Gasteiger partial charge in [0, 0.05) is 0 Å². The first-order valence-electron chi connectivity index (χ1n) is 0.855. The molecule has 4 nitrogen and oxygen atoms in total. The Hall–Kier alpha value is -0.746. The molecular formula is C2N2NiO2. The van der Waals surface area contributed by atoms with Gasteiger partial charge >= 0.3 is 16.5 Å². The van der Waals surface area contributed by atoms with Crippen LogP contribution in [0, 0.1) is 0 Å². The third kappa shape index (κ3) is 99.8. The van der Waals surface area contributed by atoms with E-state index in [9.17, 15) is 0 Å². The van der Waals surface area contributed by atoms with Crippen LogP contribution >= 0.6 is 0 Å². The Morgan fingerprint density at radius 3 is 1.00 bits per heavy atom. The van der Waals surface area contributed by atoms with Crippen LogP contribution in [0.1, 0.15) is 0 Å². The molecule has 0 spiro atoms. The summed E-state index contributed by atoms with van der Waals surface area (Å²) in [6, 6.07) is 0. The molecule has 5 heteroatoms. The molecule has 0 fully saturated rings. The maximum Gasteiger partial charge on any atom is 2.00 e. The summed E-state index contributed by atoms with van der Waals surface area (Å²) in [5.74, 6) is 0. The van der Waals surface area contributed by atoms with Crippen LogP contribution in [0.15, 0.2) is 0 Å². The third-order valence-electron chi connectivity index (χ3n) is 0. The quantitative estimate of drug-likeness (QED) is 0.266. The molecule has 0 bridgehead atoms. The number of hydrogen-bond acceptors (Lipinski definition) is 2. The van der Waals surface area contributed by atoms with E-state index in [-0.39, 0.29) is 16.5 Å². The Morgan fingerprint density at radius 1 is 1.00 bits per heavy atom. The summed E-state index contributed by atoms with van der Waals surface area (Å²) in [5.41, 5.74) is 0. The van der Waals surface area contributed by atoms with Crippen LogP contribution in [-0.4, -0.2) is 12.2 Å². The molecule has 0 saturated carbocycles. The van der Waals surface area contributed by atoms with E-state index >= 15 is 0 Å². The second-order valence-electron chi connectivity index (χ2n) is 0.183. The number of isocyanates is 2. The van der Waals surface area contributed by atoms with E-state index in [1.54, 1.807) is 0 Å². The fourth-order valence-corrected chi connectivity index (χ4v) is 0. The Balaban J connectivity index is -0.0000000400. The average molecular weight is 143 g/mol. The topological polar surface area (TPSA) is 78.7 Å². The van der Waals surface area contributed by atoms with Crippen LogP contribution in [0.4, 0.5) is 0 Å². The molecule has 0 heterocycles. The SMILES string of the molecule is [N-]=C=O.[N-]=C=O.[Ni+2]. The van der Waals surface area contributed by atoms with E-state index in [1.807, 2.05) is 0 Å². The normalized spacial score (nSPS) is 2.29. The van der Waals surface area contributed by atoms with E-state index in [0.717, 1.165) is 0 Å². The molecule has 0 radical (unpaired) electrons. The van der Waals surface area contributed by atoms with Gasteiger partial charge in [-0.1, -0.05) is 0 Å². The maximum atomic E-state index is 8.24. The predicted molar refractivity (Wildman–Crippen MR) is 18.1 cm³/mol. The second kappa shape index (κ2) is 60.5. The monoisotopic (exact) mass is 142 g/mol. The predicted octanol–water partition coefficient (Wildman–Crippen LogP) is -0.219. The summed E-state index contributed by atoms with van der Waals surface area (Å²) in [6.07, 6.45) is 1.00. The molecular weight excluding hydrogens is 143 g/mol. The molecule has 0 rings (SSSR count). The van der Waals surface area contributed by atoms with Gasteiger partial charge in [-0.25, -0.2) is 0 Å². The van der Waals surface area contributed by atoms with Gasteiger partial charge in [-0.2, -0.15) is 0 Å². The Bertz CT molecular complexity index is 67.7. The molecule has 40 valence electrons. The van der Waals surface area contributed by atoms with E-state index in [1.165, 1.54) is 0 Å². The van der Waals surface area contributed by atoms with Crippen molar-refractivity contribution in [2.24, 2.45) is 0 Å². The van der Waals surface area contributed by atoms with Crippen LogP contribution < -0.4 is 0 Å². The zero-order valence-corrected chi connectivity index (χ0v) is 4.01. The van der Waals surface area contributed by atoms with Crippen molar-refractivity contribution in [3.8, 4) is 0 Å². The second-order valence-corrected chi connectivity index (χ2v) is 0.183. The Morgan fingerprint density at radius 2 is 1.00 bits per heavy atom. The minimum atomic E-state index is 0. The van der Waals surface area contributed by atoms with Gasteiger partial charge in [-0.3, -0.25) is 9.59 Å². The molecule has 0 aromatic heterocycles. The summed E-state index contributed by atoms with van der Waals surface area (Å²) in [4.78, 5) is 16.5. The van der Waals surface area contributed by atoms with Crippen LogP contribution in [0.25, 0.3) is 10.8 Å². The van der Waals surface area contributed by atoms with Crippen LogP contribution in [0.2, 0.25) is 0 Å². The smallest absolute Gasteiger partial charge is 0.724 e. The van der Waals surface area contributed by atoms with Crippen LogP contribution in [-0.2, 0) is 26.1 Å². The van der Waals surface area contributed by atoms with E-state index in [2.05, 4.69) is 0 Å². The largest absolute Gasteiger partial charge is 2.00 e. The van der Waals surface area contributed by atoms with Gasteiger partial charge in [0.15, 0.2) is 0 Å². The van der Waals surface area contributed by atoms with Gasteiger partial charge in [0.1, 0.15) is 0 Å². The van der Waals surface area contributed by atoms with Crippen molar-refractivity contribution in [3.63, 3.8) is 0 Å². The first kappa shape index (κ1) is 16.3. The van der Waals surface area contributed by atoms with E-state index in [4.69, 9.17) is 20.4 Å². The molecule has 7 heavy (non-hydrogen) atoms. The Kier molecular flexibility index (Phi) is 141. The first-order valence-corrected chi connectivity index (χ1v) is 0.855. The molecule has 0 aromatic carbocycles. The number of rotatable bonds is 0. The van der Waals surface area contributed by atoms with E-state index < -0.39 is 0 Å². The van der Waals surface area contributed by atoms with Crippen molar-refractivity contribution in [1.29, 1.82) is 0 Å². The molecule has 0 aliphatic carbocycles. The van der Waals surface area contributed by atoms with Crippen molar-refractivity contribution in [3.05, 3.63) is 10.8 Å². The van der Waals surface area contributed by atoms with E-state index in [0.29, 0.717) is 12.2 Å². The van der Waals surface area contributed by atoms with Crippen LogP contribution in [0.5, 0.6) is 0 Å². The van der Waals surface area contributed by atoms with Crippen LogP contribution in [0.3, 0.4) is 0 Å². The molecule has 0 N–H and O–H groups in total. The minimum Gasteiger partial charge on any atom is -0.724 e. The minimum absolute atomic E-state index is 0. The van der Waals surface area contributed by atoms with Gasteiger partial charge < -0.3 is 10.8 Å². The number of carbonyl (C=O) groups excluding carboxylic acids is 2. The molecule has 0 amide bonds. The standard InChI is InChI=1S/2CNO.Ni/c2*2-1-3;/q2*-1;+2. The average Bonchev–Trinajstić information content (AvgIpc) is 1.39. The molecule has 0 aliphatic heterocycles. The summed E-state index contributed by atoms with van der Waals surface area (Å²) < 4.78 is 0. The first-order chi connectivity index (χ1) is 2.83. The molecule has 0 aromatic rings. The van der Waals surface area contributed by atoms with Crippen molar-refractivity contribution < 1.29 is 26.1 Å². The Labute approximate surface area is 49.9 Å². The zero-order valence-electron chi connectivity index (χ0n) is 3.03. The number of hydrogen-bond donors (Lipinski definition) is 0. The van der Waals surface area contributed by atoms with Crippen molar-refractivity contribution in [2.45, 2.75) is 0 Å². The molecule has 0 atom stereocenters. The molecule has 0 saturated heterocycles. The summed E-state index contributed by atoms with van der Waals surface area (Å²) >= 11 is 0. The van der Waals surface area contributed by atoms with Gasteiger partial charge in [-0.15, -0.1) is 0 Å². The third-order valence-corrected chi connectivity index (χ3v) is 0. The fraction of sp³-hybridized carbons (Fsp3) is 0. The molecule has 0 aliphatic rings. The van der Waals surface area contributed by atoms with Gasteiger partial charge in [0.05, 0.1) is 0 Å². The maximum absolute atomic E-state index is 8.24. The fourth-order valence-electron chi connectivity index (χ4n) is 0. The van der Waals surface area contributed by atoms with Crippen molar-refractivity contribution in [2.75, 3.05) is 0 Å². The van der Waals surface area contributed by atoms with Gasteiger partial charge in [0.25, 0.3) is 0 Å². The zero-order chi connectivity index (χ0) is 5.41. The van der Waals surface area contributed by atoms with Crippen molar-refractivity contribution in [1.82, 2.24) is 0 Å². The molecule has 0 unspecified atom stereocenters. The van der Waals surface area contributed by atoms with Gasteiger partial charge in [-0.05, 0) is 12.2 Å². The summed E-state index contributed by atoms with van der Waals surface area (Å²) in [5, 5.41) is 13.5. The summed E-state index contributed by atoms with van der Waals surface area (Å²) in [7, 11) is 0. The summed E-state index contributed by atoms with van der Waals surface area (Å²) in [6.45, 7) is 0. The number of nitrogens with zero attached hydrogens (tertiary/aromatic N) is 2.